The van der Waals surface area contributed by atoms with Crippen molar-refractivity contribution in [3.63, 3.8) is 0 Å². The summed E-state index contributed by atoms with van der Waals surface area (Å²) in [6.07, 6.45) is 2.00. The van der Waals surface area contributed by atoms with Crippen LogP contribution < -0.4 is 10.6 Å². The number of aromatic nitrogens is 1. The maximum Gasteiger partial charge on any atom is 0.269 e. The summed E-state index contributed by atoms with van der Waals surface area (Å²) in [7, 11) is 0. The Morgan fingerprint density at radius 1 is 0.964 bits per heavy atom. The second-order valence-corrected chi connectivity index (χ2v) is 6.38. The van der Waals surface area contributed by atoms with E-state index in [4.69, 9.17) is 0 Å². The SMILES string of the molecule is Cc1ccc(NC(=O)c2ccnc(C(=O)NCCc3ccc(F)cc3)c2)cc1. The van der Waals surface area contributed by atoms with Crippen molar-refractivity contribution >= 4 is 17.5 Å². The van der Waals surface area contributed by atoms with E-state index >= 15 is 0 Å². The molecule has 0 aliphatic rings. The van der Waals surface area contributed by atoms with Crippen molar-refractivity contribution in [2.24, 2.45) is 0 Å². The molecule has 0 aliphatic carbocycles. The first-order valence-corrected chi connectivity index (χ1v) is 8.88. The lowest BCUT2D eigenvalue weighted by Gasteiger charge is -2.08. The summed E-state index contributed by atoms with van der Waals surface area (Å²) in [6, 6.07) is 16.6. The van der Waals surface area contributed by atoms with Crippen molar-refractivity contribution in [3.8, 4) is 0 Å². The number of amides is 2. The number of halogens is 1. The minimum atomic E-state index is -0.368. The van der Waals surface area contributed by atoms with Gasteiger partial charge < -0.3 is 10.6 Å². The Kier molecular flexibility index (Phi) is 6.11. The van der Waals surface area contributed by atoms with E-state index in [1.165, 1.54) is 24.4 Å². The fourth-order valence-corrected chi connectivity index (χ4v) is 2.60. The van der Waals surface area contributed by atoms with E-state index in [0.717, 1.165) is 11.1 Å². The monoisotopic (exact) mass is 377 g/mol. The summed E-state index contributed by atoms with van der Waals surface area (Å²) in [6.45, 7) is 2.35. The van der Waals surface area contributed by atoms with Crippen LogP contribution in [-0.4, -0.2) is 23.3 Å². The highest BCUT2D eigenvalue weighted by molar-refractivity contribution is 6.05. The Morgan fingerprint density at radius 3 is 2.39 bits per heavy atom. The predicted octanol–water partition coefficient (Wildman–Crippen LogP) is 3.75. The third-order valence-corrected chi connectivity index (χ3v) is 4.18. The Labute approximate surface area is 162 Å². The fraction of sp³-hybridized carbons (Fsp3) is 0.136. The molecule has 3 rings (SSSR count). The van der Waals surface area contributed by atoms with Crippen LogP contribution in [0.3, 0.4) is 0 Å². The van der Waals surface area contributed by atoms with Gasteiger partial charge in [-0.25, -0.2) is 4.39 Å². The van der Waals surface area contributed by atoms with Crippen molar-refractivity contribution in [1.82, 2.24) is 10.3 Å². The predicted molar refractivity (Wildman–Crippen MR) is 106 cm³/mol. The van der Waals surface area contributed by atoms with Crippen LogP contribution in [0.4, 0.5) is 10.1 Å². The number of hydrogen-bond donors (Lipinski definition) is 2. The van der Waals surface area contributed by atoms with Gasteiger partial charge in [0.2, 0.25) is 0 Å². The summed E-state index contributed by atoms with van der Waals surface area (Å²) >= 11 is 0. The van der Waals surface area contributed by atoms with Gasteiger partial charge in [-0.3, -0.25) is 14.6 Å². The third-order valence-electron chi connectivity index (χ3n) is 4.18. The van der Waals surface area contributed by atoms with Gasteiger partial charge in [0.25, 0.3) is 11.8 Å². The molecule has 0 radical (unpaired) electrons. The molecule has 28 heavy (non-hydrogen) atoms. The Balaban J connectivity index is 1.58. The van der Waals surface area contributed by atoms with Crippen LogP contribution in [0.25, 0.3) is 0 Å². The first-order valence-electron chi connectivity index (χ1n) is 8.88. The molecule has 0 saturated carbocycles. The first-order chi connectivity index (χ1) is 13.5. The van der Waals surface area contributed by atoms with E-state index in [9.17, 15) is 14.0 Å². The molecule has 3 aromatic rings. The molecule has 5 nitrogen and oxygen atoms in total. The summed E-state index contributed by atoms with van der Waals surface area (Å²) in [4.78, 5) is 28.7. The van der Waals surface area contributed by atoms with Gasteiger partial charge in [-0.15, -0.1) is 0 Å². The molecule has 2 aromatic carbocycles. The zero-order chi connectivity index (χ0) is 19.9. The second-order valence-electron chi connectivity index (χ2n) is 6.38. The van der Waals surface area contributed by atoms with Crippen LogP contribution in [0.1, 0.15) is 32.0 Å². The zero-order valence-electron chi connectivity index (χ0n) is 15.4. The van der Waals surface area contributed by atoms with Crippen molar-refractivity contribution in [2.75, 3.05) is 11.9 Å². The van der Waals surface area contributed by atoms with Crippen LogP contribution in [-0.2, 0) is 6.42 Å². The number of aryl methyl sites for hydroxylation is 1. The third kappa shape index (κ3) is 5.23. The van der Waals surface area contributed by atoms with Gasteiger partial charge in [-0.2, -0.15) is 0 Å². The van der Waals surface area contributed by atoms with Crippen molar-refractivity contribution in [1.29, 1.82) is 0 Å². The van der Waals surface area contributed by atoms with Gasteiger partial charge in [-0.1, -0.05) is 29.8 Å². The molecule has 0 aliphatic heterocycles. The molecule has 0 fully saturated rings. The number of anilines is 1. The molecule has 0 spiro atoms. The quantitative estimate of drug-likeness (QED) is 0.687. The maximum absolute atomic E-state index is 12.9. The van der Waals surface area contributed by atoms with E-state index in [2.05, 4.69) is 15.6 Å². The van der Waals surface area contributed by atoms with E-state index < -0.39 is 0 Å². The second kappa shape index (κ2) is 8.90. The molecule has 0 saturated heterocycles. The molecule has 2 amide bonds. The van der Waals surface area contributed by atoms with E-state index in [1.54, 1.807) is 18.2 Å². The smallest absolute Gasteiger partial charge is 0.269 e. The molecule has 1 heterocycles. The molecule has 0 bridgehead atoms. The largest absolute Gasteiger partial charge is 0.350 e. The fourth-order valence-electron chi connectivity index (χ4n) is 2.60. The van der Waals surface area contributed by atoms with Gasteiger partial charge in [0.15, 0.2) is 0 Å². The van der Waals surface area contributed by atoms with Crippen LogP contribution in [0.15, 0.2) is 66.9 Å². The molecule has 142 valence electrons. The van der Waals surface area contributed by atoms with Gasteiger partial charge in [0, 0.05) is 24.0 Å². The standard InChI is InChI=1S/C22H20FN3O2/c1-15-2-8-19(9-3-15)26-21(27)17-11-13-24-20(14-17)22(28)25-12-10-16-4-6-18(23)7-5-16/h2-9,11,13-14H,10,12H2,1H3,(H,25,28)(H,26,27). The Morgan fingerprint density at radius 2 is 1.68 bits per heavy atom. The average Bonchev–Trinajstić information content (AvgIpc) is 2.71. The van der Waals surface area contributed by atoms with Crippen LogP contribution in [0, 0.1) is 12.7 Å². The Hall–Kier alpha value is -3.54. The van der Waals surface area contributed by atoms with Crippen molar-refractivity contribution < 1.29 is 14.0 Å². The van der Waals surface area contributed by atoms with E-state index in [0.29, 0.717) is 24.2 Å². The zero-order valence-corrected chi connectivity index (χ0v) is 15.4. The number of carbonyl (C=O) groups excluding carboxylic acids is 2. The van der Waals surface area contributed by atoms with E-state index in [-0.39, 0.29) is 23.3 Å². The number of rotatable bonds is 6. The maximum atomic E-state index is 12.9. The lowest BCUT2D eigenvalue weighted by atomic mass is 10.1. The van der Waals surface area contributed by atoms with E-state index in [1.807, 2.05) is 31.2 Å². The lowest BCUT2D eigenvalue weighted by Crippen LogP contribution is -2.27. The summed E-state index contributed by atoms with van der Waals surface area (Å²) in [5, 5.41) is 5.55. The summed E-state index contributed by atoms with van der Waals surface area (Å²) in [5.74, 6) is -0.976. The van der Waals surface area contributed by atoms with Gasteiger partial charge >= 0.3 is 0 Å². The molecule has 0 unspecified atom stereocenters. The average molecular weight is 377 g/mol. The highest BCUT2D eigenvalue weighted by Crippen LogP contribution is 2.11. The highest BCUT2D eigenvalue weighted by Gasteiger charge is 2.12. The molecule has 2 N–H and O–H groups in total. The normalized spacial score (nSPS) is 10.4. The van der Waals surface area contributed by atoms with Crippen LogP contribution >= 0.6 is 0 Å². The minimum absolute atomic E-state index is 0.163. The number of benzene rings is 2. The molecule has 1 aromatic heterocycles. The lowest BCUT2D eigenvalue weighted by molar-refractivity contribution is 0.0949. The van der Waals surface area contributed by atoms with Crippen LogP contribution in [0.2, 0.25) is 0 Å². The highest BCUT2D eigenvalue weighted by atomic mass is 19.1. The Bertz CT molecular complexity index is 970. The van der Waals surface area contributed by atoms with Crippen molar-refractivity contribution in [3.05, 3.63) is 95.1 Å². The van der Waals surface area contributed by atoms with Crippen molar-refractivity contribution in [2.45, 2.75) is 13.3 Å². The summed E-state index contributed by atoms with van der Waals surface area (Å²) in [5.41, 5.74) is 3.20. The first kappa shape index (κ1) is 19.2. The topological polar surface area (TPSA) is 71.1 Å². The number of nitrogens with zero attached hydrogens (tertiary/aromatic N) is 1. The minimum Gasteiger partial charge on any atom is -0.350 e. The molecule has 6 heteroatoms. The number of pyridine rings is 1. The number of carbonyl (C=O) groups is 2. The molecular formula is C22H20FN3O2. The summed E-state index contributed by atoms with van der Waals surface area (Å²) < 4.78 is 12.9. The van der Waals surface area contributed by atoms with Gasteiger partial charge in [0.05, 0.1) is 0 Å². The number of nitrogens with one attached hydrogen (secondary N) is 2. The van der Waals surface area contributed by atoms with Gasteiger partial charge in [-0.05, 0) is 55.3 Å². The van der Waals surface area contributed by atoms with Gasteiger partial charge in [0.1, 0.15) is 11.5 Å². The molecule has 0 atom stereocenters. The van der Waals surface area contributed by atoms with Crippen LogP contribution in [0.5, 0.6) is 0 Å². The number of hydrogen-bond acceptors (Lipinski definition) is 3. The molecular weight excluding hydrogens is 357 g/mol.